The van der Waals surface area contributed by atoms with Gasteiger partial charge in [0.1, 0.15) is 10.3 Å². The minimum atomic E-state index is -0.289. The molecular formula is C15H14BrN3O2. The van der Waals surface area contributed by atoms with Crippen LogP contribution >= 0.6 is 15.9 Å². The van der Waals surface area contributed by atoms with Crippen LogP contribution in [-0.2, 0) is 4.79 Å². The van der Waals surface area contributed by atoms with Crippen LogP contribution in [0.4, 0.5) is 11.4 Å². The van der Waals surface area contributed by atoms with E-state index >= 15 is 0 Å². The van der Waals surface area contributed by atoms with Crippen LogP contribution in [0.2, 0.25) is 0 Å². The van der Waals surface area contributed by atoms with Crippen LogP contribution < -0.4 is 10.6 Å². The normalized spacial score (nSPS) is 10.0. The molecule has 0 saturated carbocycles. The number of benzene rings is 1. The maximum atomic E-state index is 12.1. The molecule has 2 N–H and O–H groups in total. The third-order valence-electron chi connectivity index (χ3n) is 2.74. The lowest BCUT2D eigenvalue weighted by molar-refractivity contribution is -0.114. The Labute approximate surface area is 130 Å². The Morgan fingerprint density at radius 2 is 1.90 bits per heavy atom. The van der Waals surface area contributed by atoms with Crippen molar-refractivity contribution >= 4 is 39.1 Å². The van der Waals surface area contributed by atoms with Gasteiger partial charge in [-0.3, -0.25) is 9.59 Å². The highest BCUT2D eigenvalue weighted by molar-refractivity contribution is 9.10. The number of amides is 2. The fourth-order valence-electron chi connectivity index (χ4n) is 1.80. The number of rotatable bonds is 3. The molecule has 1 aromatic heterocycles. The highest BCUT2D eigenvalue weighted by atomic mass is 79.9. The second-order valence-electron chi connectivity index (χ2n) is 4.51. The van der Waals surface area contributed by atoms with Gasteiger partial charge in [0.2, 0.25) is 5.91 Å². The topological polar surface area (TPSA) is 71.1 Å². The van der Waals surface area contributed by atoms with Gasteiger partial charge in [0.15, 0.2) is 0 Å². The van der Waals surface area contributed by atoms with Crippen molar-refractivity contribution in [3.63, 3.8) is 0 Å². The number of carbonyl (C=O) groups excluding carboxylic acids is 2. The number of nitrogens with zero attached hydrogens (tertiary/aromatic N) is 1. The first kappa shape index (κ1) is 15.2. The predicted octanol–water partition coefficient (Wildman–Crippen LogP) is 3.36. The van der Waals surface area contributed by atoms with E-state index < -0.39 is 0 Å². The number of anilines is 2. The first-order valence-corrected chi connectivity index (χ1v) is 7.07. The first-order valence-electron chi connectivity index (χ1n) is 6.28. The van der Waals surface area contributed by atoms with E-state index in [1.54, 1.807) is 36.4 Å². The molecular weight excluding hydrogens is 334 g/mol. The number of aromatic nitrogens is 1. The van der Waals surface area contributed by atoms with Crippen LogP contribution in [0.15, 0.2) is 41.0 Å². The Bertz CT molecular complexity index is 701. The van der Waals surface area contributed by atoms with Crippen molar-refractivity contribution in [1.29, 1.82) is 0 Å². The lowest BCUT2D eigenvalue weighted by Gasteiger charge is -2.10. The van der Waals surface area contributed by atoms with Gasteiger partial charge in [0.05, 0.1) is 0 Å². The third kappa shape index (κ3) is 4.13. The maximum Gasteiger partial charge on any atom is 0.274 e. The SMILES string of the molecule is CC(=O)Nc1ccc(NC(=O)c2cccc(Br)n2)cc1C. The molecule has 0 spiro atoms. The number of nitrogens with one attached hydrogen (secondary N) is 2. The highest BCUT2D eigenvalue weighted by Gasteiger charge is 2.09. The lowest BCUT2D eigenvalue weighted by atomic mass is 10.1. The fourth-order valence-corrected chi connectivity index (χ4v) is 2.14. The van der Waals surface area contributed by atoms with Gasteiger partial charge < -0.3 is 10.6 Å². The summed E-state index contributed by atoms with van der Waals surface area (Å²) >= 11 is 3.23. The van der Waals surface area contributed by atoms with Crippen LogP contribution in [-0.4, -0.2) is 16.8 Å². The molecule has 21 heavy (non-hydrogen) atoms. The van der Waals surface area contributed by atoms with Crippen molar-refractivity contribution in [2.75, 3.05) is 10.6 Å². The van der Waals surface area contributed by atoms with E-state index in [-0.39, 0.29) is 11.8 Å². The number of hydrogen-bond donors (Lipinski definition) is 2. The molecule has 0 fully saturated rings. The zero-order chi connectivity index (χ0) is 15.4. The van der Waals surface area contributed by atoms with Gasteiger partial charge in [0.25, 0.3) is 5.91 Å². The number of halogens is 1. The van der Waals surface area contributed by atoms with E-state index in [4.69, 9.17) is 0 Å². The Kier molecular flexibility index (Phi) is 4.70. The smallest absolute Gasteiger partial charge is 0.274 e. The van der Waals surface area contributed by atoms with Gasteiger partial charge in [-0.25, -0.2) is 4.98 Å². The van der Waals surface area contributed by atoms with E-state index in [1.807, 2.05) is 6.92 Å². The van der Waals surface area contributed by atoms with Crippen molar-refractivity contribution < 1.29 is 9.59 Å². The van der Waals surface area contributed by atoms with Crippen LogP contribution in [0, 0.1) is 6.92 Å². The van der Waals surface area contributed by atoms with Crippen LogP contribution in [0.25, 0.3) is 0 Å². The largest absolute Gasteiger partial charge is 0.326 e. The molecule has 1 heterocycles. The average molecular weight is 348 g/mol. The molecule has 2 rings (SSSR count). The second-order valence-corrected chi connectivity index (χ2v) is 5.32. The maximum absolute atomic E-state index is 12.1. The Hall–Kier alpha value is -2.21. The molecule has 0 aliphatic heterocycles. The molecule has 6 heteroatoms. The molecule has 0 aliphatic rings. The van der Waals surface area contributed by atoms with Gasteiger partial charge in [-0.05, 0) is 58.7 Å². The number of hydrogen-bond acceptors (Lipinski definition) is 3. The summed E-state index contributed by atoms with van der Waals surface area (Å²) < 4.78 is 0.604. The Balaban J connectivity index is 2.15. The van der Waals surface area contributed by atoms with E-state index in [0.717, 1.165) is 11.3 Å². The minimum Gasteiger partial charge on any atom is -0.326 e. The molecule has 2 amide bonds. The third-order valence-corrected chi connectivity index (χ3v) is 3.18. The van der Waals surface area contributed by atoms with Gasteiger partial charge in [0, 0.05) is 18.3 Å². The van der Waals surface area contributed by atoms with Crippen LogP contribution in [0.3, 0.4) is 0 Å². The average Bonchev–Trinajstić information content (AvgIpc) is 2.41. The monoisotopic (exact) mass is 347 g/mol. The highest BCUT2D eigenvalue weighted by Crippen LogP contribution is 2.20. The molecule has 0 radical (unpaired) electrons. The number of carbonyl (C=O) groups is 2. The lowest BCUT2D eigenvalue weighted by Crippen LogP contribution is -2.14. The standard InChI is InChI=1S/C15H14BrN3O2/c1-9-8-11(6-7-12(9)17-10(2)20)18-15(21)13-4-3-5-14(16)19-13/h3-8H,1-2H3,(H,17,20)(H,18,21). The summed E-state index contributed by atoms with van der Waals surface area (Å²) in [5.74, 6) is -0.420. The first-order chi connectivity index (χ1) is 9.95. The summed E-state index contributed by atoms with van der Waals surface area (Å²) in [4.78, 5) is 27.2. The van der Waals surface area contributed by atoms with E-state index in [0.29, 0.717) is 16.0 Å². The fraction of sp³-hybridized carbons (Fsp3) is 0.133. The summed E-state index contributed by atoms with van der Waals surface area (Å²) in [5, 5.41) is 5.49. The van der Waals surface area contributed by atoms with Crippen molar-refractivity contribution in [2.45, 2.75) is 13.8 Å². The van der Waals surface area contributed by atoms with Crippen molar-refractivity contribution in [3.8, 4) is 0 Å². The molecule has 0 saturated heterocycles. The quantitative estimate of drug-likeness (QED) is 0.836. The van der Waals surface area contributed by atoms with E-state index in [1.165, 1.54) is 6.92 Å². The molecule has 0 unspecified atom stereocenters. The summed E-state index contributed by atoms with van der Waals surface area (Å²) in [6, 6.07) is 10.4. The second kappa shape index (κ2) is 6.49. The molecule has 2 aromatic rings. The molecule has 0 atom stereocenters. The summed E-state index contributed by atoms with van der Waals surface area (Å²) in [6.45, 7) is 3.31. The molecule has 108 valence electrons. The van der Waals surface area contributed by atoms with Crippen LogP contribution in [0.1, 0.15) is 23.0 Å². The Morgan fingerprint density at radius 3 is 2.52 bits per heavy atom. The van der Waals surface area contributed by atoms with E-state index in [9.17, 15) is 9.59 Å². The molecule has 0 bridgehead atoms. The molecule has 0 aliphatic carbocycles. The molecule has 1 aromatic carbocycles. The molecule has 5 nitrogen and oxygen atoms in total. The summed E-state index contributed by atoms with van der Waals surface area (Å²) in [7, 11) is 0. The van der Waals surface area contributed by atoms with Crippen molar-refractivity contribution in [2.24, 2.45) is 0 Å². The minimum absolute atomic E-state index is 0.131. The van der Waals surface area contributed by atoms with Crippen LogP contribution in [0.5, 0.6) is 0 Å². The zero-order valence-corrected chi connectivity index (χ0v) is 13.2. The summed E-state index contributed by atoms with van der Waals surface area (Å²) in [6.07, 6.45) is 0. The number of aryl methyl sites for hydroxylation is 1. The van der Waals surface area contributed by atoms with Gasteiger partial charge in [-0.1, -0.05) is 6.07 Å². The van der Waals surface area contributed by atoms with Gasteiger partial charge in [-0.15, -0.1) is 0 Å². The summed E-state index contributed by atoms with van der Waals surface area (Å²) in [5.41, 5.74) is 2.56. The predicted molar refractivity (Wildman–Crippen MR) is 85.4 cm³/mol. The number of pyridine rings is 1. The van der Waals surface area contributed by atoms with Gasteiger partial charge in [-0.2, -0.15) is 0 Å². The van der Waals surface area contributed by atoms with Crippen molar-refractivity contribution in [1.82, 2.24) is 4.98 Å². The zero-order valence-electron chi connectivity index (χ0n) is 11.6. The van der Waals surface area contributed by atoms with Gasteiger partial charge >= 0.3 is 0 Å². The van der Waals surface area contributed by atoms with Crippen molar-refractivity contribution in [3.05, 3.63) is 52.3 Å². The van der Waals surface area contributed by atoms with E-state index in [2.05, 4.69) is 31.5 Å². The Morgan fingerprint density at radius 1 is 1.14 bits per heavy atom.